The monoisotopic (exact) mass is 271 g/mol. The van der Waals surface area contributed by atoms with E-state index in [4.69, 9.17) is 23.2 Å². The molecule has 90 valence electrons. The standard InChI is InChI=1S/C11H11ClFN3S/c12-8-3-4-17-11(8)10(16-15)7-5-6(13)1-2-9(7)14/h1-5,10,16H,14-15H2. The van der Waals surface area contributed by atoms with Gasteiger partial charge in [0.15, 0.2) is 0 Å². The van der Waals surface area contributed by atoms with Crippen LogP contribution in [0.2, 0.25) is 5.02 Å². The van der Waals surface area contributed by atoms with Gasteiger partial charge in [0.05, 0.1) is 11.1 Å². The fourth-order valence-electron chi connectivity index (χ4n) is 1.61. The van der Waals surface area contributed by atoms with Gasteiger partial charge in [-0.3, -0.25) is 5.84 Å². The van der Waals surface area contributed by atoms with Gasteiger partial charge in [0.25, 0.3) is 0 Å². The molecule has 1 aromatic heterocycles. The third kappa shape index (κ3) is 2.42. The molecule has 2 rings (SSSR count). The topological polar surface area (TPSA) is 64.1 Å². The van der Waals surface area contributed by atoms with Crippen molar-refractivity contribution >= 4 is 28.6 Å². The number of nitrogens with one attached hydrogen (secondary N) is 1. The molecule has 0 aliphatic rings. The highest BCUT2D eigenvalue weighted by atomic mass is 35.5. The fraction of sp³-hybridized carbons (Fsp3) is 0.0909. The summed E-state index contributed by atoms with van der Waals surface area (Å²) in [5.41, 5.74) is 9.48. The number of hydrogen-bond donors (Lipinski definition) is 3. The minimum Gasteiger partial charge on any atom is -0.398 e. The number of halogens is 2. The van der Waals surface area contributed by atoms with Crippen molar-refractivity contribution in [2.45, 2.75) is 6.04 Å². The summed E-state index contributed by atoms with van der Waals surface area (Å²) in [5.74, 6) is 5.14. The maximum absolute atomic E-state index is 13.2. The molecule has 0 saturated heterocycles. The summed E-state index contributed by atoms with van der Waals surface area (Å²) in [6, 6.07) is 5.54. The van der Waals surface area contributed by atoms with Crippen molar-refractivity contribution in [3.8, 4) is 0 Å². The first kappa shape index (κ1) is 12.3. The second-order valence-corrected chi connectivity index (χ2v) is 4.86. The zero-order chi connectivity index (χ0) is 12.4. The Balaban J connectivity index is 2.49. The van der Waals surface area contributed by atoms with E-state index in [0.717, 1.165) is 4.88 Å². The van der Waals surface area contributed by atoms with Crippen LogP contribution >= 0.6 is 22.9 Å². The summed E-state index contributed by atoms with van der Waals surface area (Å²) < 4.78 is 13.2. The van der Waals surface area contributed by atoms with E-state index in [-0.39, 0.29) is 5.82 Å². The first-order chi connectivity index (χ1) is 8.13. The Morgan fingerprint density at radius 2 is 2.12 bits per heavy atom. The fourth-order valence-corrected chi connectivity index (χ4v) is 2.86. The lowest BCUT2D eigenvalue weighted by molar-refractivity contribution is 0.610. The minimum absolute atomic E-state index is 0.359. The second kappa shape index (κ2) is 5.01. The summed E-state index contributed by atoms with van der Waals surface area (Å²) in [4.78, 5) is 0.812. The summed E-state index contributed by atoms with van der Waals surface area (Å²) in [6.07, 6.45) is 0. The summed E-state index contributed by atoms with van der Waals surface area (Å²) in [7, 11) is 0. The van der Waals surface area contributed by atoms with Crippen molar-refractivity contribution in [3.63, 3.8) is 0 Å². The lowest BCUT2D eigenvalue weighted by atomic mass is 10.0. The molecule has 0 aliphatic carbocycles. The van der Waals surface area contributed by atoms with Gasteiger partial charge in [-0.1, -0.05) is 11.6 Å². The maximum Gasteiger partial charge on any atom is 0.123 e. The zero-order valence-electron chi connectivity index (χ0n) is 8.78. The maximum atomic E-state index is 13.2. The second-order valence-electron chi connectivity index (χ2n) is 3.51. The number of thiophene rings is 1. The van der Waals surface area contributed by atoms with Crippen LogP contribution in [0.3, 0.4) is 0 Å². The molecule has 6 heteroatoms. The van der Waals surface area contributed by atoms with E-state index in [9.17, 15) is 4.39 Å². The SMILES string of the molecule is NNC(c1cc(F)ccc1N)c1sccc1Cl. The first-order valence-corrected chi connectivity index (χ1v) is 6.13. The van der Waals surface area contributed by atoms with E-state index >= 15 is 0 Å². The highest BCUT2D eigenvalue weighted by Gasteiger charge is 2.19. The predicted molar refractivity (Wildman–Crippen MR) is 69.3 cm³/mol. The van der Waals surface area contributed by atoms with Crippen molar-refractivity contribution < 1.29 is 4.39 Å². The minimum atomic E-state index is -0.404. The van der Waals surface area contributed by atoms with Gasteiger partial charge < -0.3 is 5.73 Å². The van der Waals surface area contributed by atoms with E-state index in [0.29, 0.717) is 16.3 Å². The van der Waals surface area contributed by atoms with Gasteiger partial charge in [0, 0.05) is 16.1 Å². The average Bonchev–Trinajstić information content (AvgIpc) is 2.71. The van der Waals surface area contributed by atoms with E-state index in [1.54, 1.807) is 6.07 Å². The molecule has 0 spiro atoms. The largest absolute Gasteiger partial charge is 0.398 e. The normalized spacial score (nSPS) is 12.6. The number of hydrazine groups is 1. The van der Waals surface area contributed by atoms with Crippen molar-refractivity contribution in [1.29, 1.82) is 0 Å². The van der Waals surface area contributed by atoms with Crippen LogP contribution in [0.4, 0.5) is 10.1 Å². The van der Waals surface area contributed by atoms with Crippen LogP contribution in [-0.4, -0.2) is 0 Å². The van der Waals surface area contributed by atoms with E-state index < -0.39 is 6.04 Å². The third-order valence-electron chi connectivity index (χ3n) is 2.43. The third-order valence-corrected chi connectivity index (χ3v) is 3.86. The molecule has 1 aromatic carbocycles. The molecule has 1 unspecified atom stereocenters. The highest BCUT2D eigenvalue weighted by Crippen LogP contribution is 2.34. The molecular weight excluding hydrogens is 261 g/mol. The smallest absolute Gasteiger partial charge is 0.123 e. The Kier molecular flexibility index (Phi) is 3.63. The van der Waals surface area contributed by atoms with Crippen LogP contribution in [0, 0.1) is 5.82 Å². The van der Waals surface area contributed by atoms with Gasteiger partial charge in [0.2, 0.25) is 0 Å². The quantitative estimate of drug-likeness (QED) is 0.457. The molecule has 0 radical (unpaired) electrons. The van der Waals surface area contributed by atoms with Crippen LogP contribution in [0.25, 0.3) is 0 Å². The Morgan fingerprint density at radius 1 is 1.35 bits per heavy atom. The average molecular weight is 272 g/mol. The molecule has 5 N–H and O–H groups in total. The molecule has 1 heterocycles. The molecule has 2 aromatic rings. The lowest BCUT2D eigenvalue weighted by Gasteiger charge is -2.17. The number of anilines is 1. The molecule has 0 fully saturated rings. The van der Waals surface area contributed by atoms with E-state index in [2.05, 4.69) is 5.43 Å². The summed E-state index contributed by atoms with van der Waals surface area (Å²) in [5, 5.41) is 2.43. The Hall–Kier alpha value is -1.14. The number of rotatable bonds is 3. The lowest BCUT2D eigenvalue weighted by Crippen LogP contribution is -2.29. The van der Waals surface area contributed by atoms with Crippen LogP contribution in [0.1, 0.15) is 16.5 Å². The molecule has 0 saturated carbocycles. The first-order valence-electron chi connectivity index (χ1n) is 4.87. The van der Waals surface area contributed by atoms with Gasteiger partial charge in [-0.25, -0.2) is 9.82 Å². The van der Waals surface area contributed by atoms with Crippen LogP contribution in [0.5, 0.6) is 0 Å². The van der Waals surface area contributed by atoms with Crippen molar-refractivity contribution in [2.24, 2.45) is 5.84 Å². The summed E-state index contributed by atoms with van der Waals surface area (Å²) in [6.45, 7) is 0. The van der Waals surface area contributed by atoms with Crippen molar-refractivity contribution in [1.82, 2.24) is 5.43 Å². The summed E-state index contributed by atoms with van der Waals surface area (Å²) >= 11 is 7.47. The highest BCUT2D eigenvalue weighted by molar-refractivity contribution is 7.10. The predicted octanol–water partition coefficient (Wildman–Crippen LogP) is 2.68. The molecule has 0 amide bonds. The zero-order valence-corrected chi connectivity index (χ0v) is 10.4. The number of nitrogen functional groups attached to an aromatic ring is 1. The molecule has 0 aliphatic heterocycles. The van der Waals surface area contributed by atoms with Gasteiger partial charge in [0.1, 0.15) is 5.82 Å². The number of hydrogen-bond acceptors (Lipinski definition) is 4. The van der Waals surface area contributed by atoms with Gasteiger partial charge in [-0.05, 0) is 29.6 Å². The Morgan fingerprint density at radius 3 is 2.71 bits per heavy atom. The van der Waals surface area contributed by atoms with Crippen LogP contribution in [-0.2, 0) is 0 Å². The van der Waals surface area contributed by atoms with Crippen LogP contribution in [0.15, 0.2) is 29.6 Å². The van der Waals surface area contributed by atoms with Crippen molar-refractivity contribution in [3.05, 3.63) is 50.9 Å². The Bertz CT molecular complexity index is 529. The van der Waals surface area contributed by atoms with Crippen molar-refractivity contribution in [2.75, 3.05) is 5.73 Å². The molecule has 3 nitrogen and oxygen atoms in total. The molecular formula is C11H11ClFN3S. The Labute approximate surface area is 107 Å². The van der Waals surface area contributed by atoms with E-state index in [1.165, 1.54) is 29.5 Å². The molecule has 0 bridgehead atoms. The van der Waals surface area contributed by atoms with Gasteiger partial charge in [-0.2, -0.15) is 0 Å². The van der Waals surface area contributed by atoms with Crippen LogP contribution < -0.4 is 17.0 Å². The molecule has 1 atom stereocenters. The molecule has 17 heavy (non-hydrogen) atoms. The number of benzene rings is 1. The number of nitrogens with two attached hydrogens (primary N) is 2. The van der Waals surface area contributed by atoms with E-state index in [1.807, 2.05) is 5.38 Å². The van der Waals surface area contributed by atoms with Gasteiger partial charge >= 0.3 is 0 Å². The van der Waals surface area contributed by atoms with Gasteiger partial charge in [-0.15, -0.1) is 11.3 Å².